The average molecular weight is 286 g/mol. The van der Waals surface area contributed by atoms with Crippen LogP contribution in [0.15, 0.2) is 18.2 Å². The highest BCUT2D eigenvalue weighted by Gasteiger charge is 2.41. The quantitative estimate of drug-likeness (QED) is 0.778. The van der Waals surface area contributed by atoms with Gasteiger partial charge in [0.05, 0.1) is 17.6 Å². The molecule has 108 valence electrons. The standard InChI is InChI=1S/C14H14F4N2/c15-13-4-3-10(7-19)6-11(13)8-20-5-1-2-12(9-20)14(16,17)18/h3-4,6,12H,1-2,5,8-9H2/t12-/m1/s1. The van der Waals surface area contributed by atoms with Crippen molar-refractivity contribution in [3.63, 3.8) is 0 Å². The molecule has 0 N–H and O–H groups in total. The van der Waals surface area contributed by atoms with Gasteiger partial charge in [0.15, 0.2) is 0 Å². The molecular formula is C14H14F4N2. The van der Waals surface area contributed by atoms with Crippen molar-refractivity contribution in [1.82, 2.24) is 4.90 Å². The van der Waals surface area contributed by atoms with Gasteiger partial charge < -0.3 is 0 Å². The van der Waals surface area contributed by atoms with Crippen molar-refractivity contribution in [2.45, 2.75) is 25.6 Å². The zero-order valence-electron chi connectivity index (χ0n) is 10.8. The summed E-state index contributed by atoms with van der Waals surface area (Å²) in [6.07, 6.45) is -3.63. The number of hydrogen-bond donors (Lipinski definition) is 0. The van der Waals surface area contributed by atoms with Gasteiger partial charge >= 0.3 is 6.18 Å². The summed E-state index contributed by atoms with van der Waals surface area (Å²) in [5.74, 6) is -1.84. The molecule has 1 atom stereocenters. The van der Waals surface area contributed by atoms with Gasteiger partial charge in [-0.25, -0.2) is 4.39 Å². The molecule has 1 aliphatic rings. The number of nitriles is 1. The van der Waals surface area contributed by atoms with Crippen LogP contribution < -0.4 is 0 Å². The Morgan fingerprint density at radius 1 is 1.35 bits per heavy atom. The first-order chi connectivity index (χ1) is 9.40. The second-order valence-corrected chi connectivity index (χ2v) is 5.03. The fourth-order valence-electron chi connectivity index (χ4n) is 2.47. The fourth-order valence-corrected chi connectivity index (χ4v) is 2.47. The lowest BCUT2D eigenvalue weighted by atomic mass is 9.97. The summed E-state index contributed by atoms with van der Waals surface area (Å²) in [6.45, 7) is 0.510. The zero-order valence-corrected chi connectivity index (χ0v) is 10.8. The van der Waals surface area contributed by atoms with Crippen LogP contribution in [-0.4, -0.2) is 24.2 Å². The topological polar surface area (TPSA) is 27.0 Å². The lowest BCUT2D eigenvalue weighted by molar-refractivity contribution is -0.187. The monoisotopic (exact) mass is 286 g/mol. The van der Waals surface area contributed by atoms with Gasteiger partial charge in [-0.2, -0.15) is 18.4 Å². The maximum Gasteiger partial charge on any atom is 0.393 e. The fraction of sp³-hybridized carbons (Fsp3) is 0.500. The summed E-state index contributed by atoms with van der Waals surface area (Å²) < 4.78 is 51.8. The van der Waals surface area contributed by atoms with Crippen LogP contribution in [0.25, 0.3) is 0 Å². The predicted molar refractivity (Wildman–Crippen MR) is 65.2 cm³/mol. The molecule has 0 amide bonds. The number of rotatable bonds is 2. The van der Waals surface area contributed by atoms with Crippen LogP contribution in [-0.2, 0) is 6.54 Å². The Hall–Kier alpha value is -1.61. The lowest BCUT2D eigenvalue weighted by Gasteiger charge is -2.33. The largest absolute Gasteiger partial charge is 0.393 e. The van der Waals surface area contributed by atoms with Gasteiger partial charge in [-0.1, -0.05) is 0 Å². The van der Waals surface area contributed by atoms with E-state index < -0.39 is 17.9 Å². The van der Waals surface area contributed by atoms with Gasteiger partial charge in [0.2, 0.25) is 0 Å². The van der Waals surface area contributed by atoms with Crippen LogP contribution in [0.2, 0.25) is 0 Å². The van der Waals surface area contributed by atoms with E-state index in [0.29, 0.717) is 18.5 Å². The van der Waals surface area contributed by atoms with Crippen LogP contribution >= 0.6 is 0 Å². The molecule has 2 nitrogen and oxygen atoms in total. The Bertz CT molecular complexity index is 519. The van der Waals surface area contributed by atoms with Crippen molar-refractivity contribution in [3.05, 3.63) is 35.1 Å². The Kier molecular flexibility index (Phi) is 4.29. The molecule has 0 saturated carbocycles. The van der Waals surface area contributed by atoms with Crippen LogP contribution in [0.5, 0.6) is 0 Å². The van der Waals surface area contributed by atoms with E-state index in [1.54, 1.807) is 4.90 Å². The van der Waals surface area contributed by atoms with Crippen LogP contribution in [0.3, 0.4) is 0 Å². The number of halogens is 4. The van der Waals surface area contributed by atoms with Crippen molar-refractivity contribution in [1.29, 1.82) is 5.26 Å². The first-order valence-corrected chi connectivity index (χ1v) is 6.37. The third kappa shape index (κ3) is 3.48. The van der Waals surface area contributed by atoms with Crippen molar-refractivity contribution < 1.29 is 17.6 Å². The number of benzene rings is 1. The minimum atomic E-state index is -4.20. The van der Waals surface area contributed by atoms with Gasteiger partial charge in [0.1, 0.15) is 5.82 Å². The van der Waals surface area contributed by atoms with Crippen LogP contribution in [0.1, 0.15) is 24.0 Å². The third-order valence-electron chi connectivity index (χ3n) is 3.54. The number of alkyl halides is 3. The molecule has 0 unspecified atom stereocenters. The number of hydrogen-bond acceptors (Lipinski definition) is 2. The van der Waals surface area contributed by atoms with Gasteiger partial charge in [-0.05, 0) is 37.6 Å². The molecular weight excluding hydrogens is 272 g/mol. The Morgan fingerprint density at radius 3 is 2.75 bits per heavy atom. The molecule has 1 aromatic rings. The average Bonchev–Trinajstić information content (AvgIpc) is 2.41. The molecule has 1 saturated heterocycles. The SMILES string of the molecule is N#Cc1ccc(F)c(CN2CCC[C@@H](C(F)(F)F)C2)c1. The smallest absolute Gasteiger partial charge is 0.298 e. The molecule has 0 bridgehead atoms. The third-order valence-corrected chi connectivity index (χ3v) is 3.54. The summed E-state index contributed by atoms with van der Waals surface area (Å²) in [4.78, 5) is 1.60. The summed E-state index contributed by atoms with van der Waals surface area (Å²) in [5, 5.41) is 8.77. The van der Waals surface area contributed by atoms with Crippen molar-refractivity contribution in [2.75, 3.05) is 13.1 Å². The molecule has 20 heavy (non-hydrogen) atoms. The van der Waals surface area contributed by atoms with E-state index in [2.05, 4.69) is 0 Å². The zero-order chi connectivity index (χ0) is 14.8. The highest BCUT2D eigenvalue weighted by Crippen LogP contribution is 2.33. The van der Waals surface area contributed by atoms with E-state index in [1.165, 1.54) is 18.2 Å². The minimum Gasteiger partial charge on any atom is -0.298 e. The lowest BCUT2D eigenvalue weighted by Crippen LogP contribution is -2.41. The highest BCUT2D eigenvalue weighted by atomic mass is 19.4. The maximum atomic E-state index is 13.6. The van der Waals surface area contributed by atoms with Crippen LogP contribution in [0, 0.1) is 23.1 Å². The normalized spacial score (nSPS) is 20.6. The molecule has 0 aromatic heterocycles. The first kappa shape index (κ1) is 14.8. The van der Waals surface area contributed by atoms with Crippen molar-refractivity contribution in [3.8, 4) is 6.07 Å². The molecule has 2 rings (SSSR count). The molecule has 6 heteroatoms. The summed E-state index contributed by atoms with van der Waals surface area (Å²) >= 11 is 0. The van der Waals surface area contributed by atoms with E-state index in [9.17, 15) is 17.6 Å². The van der Waals surface area contributed by atoms with Crippen molar-refractivity contribution in [2.24, 2.45) is 5.92 Å². The summed E-state index contributed by atoms with van der Waals surface area (Å²) in [6, 6.07) is 5.83. The molecule has 0 spiro atoms. The van der Waals surface area contributed by atoms with Gasteiger partial charge in [-0.15, -0.1) is 0 Å². The second kappa shape index (κ2) is 5.80. The summed E-state index contributed by atoms with van der Waals surface area (Å²) in [7, 11) is 0. The van der Waals surface area contributed by atoms with Crippen molar-refractivity contribution >= 4 is 0 Å². The Balaban J connectivity index is 2.08. The Morgan fingerprint density at radius 2 is 2.10 bits per heavy atom. The maximum absolute atomic E-state index is 13.6. The van der Waals surface area contributed by atoms with E-state index in [0.717, 1.165) is 0 Å². The number of likely N-dealkylation sites (tertiary alicyclic amines) is 1. The minimum absolute atomic E-state index is 0.105. The van der Waals surface area contributed by atoms with E-state index in [4.69, 9.17) is 5.26 Å². The predicted octanol–water partition coefficient (Wildman–Crippen LogP) is 3.47. The van der Waals surface area contributed by atoms with E-state index in [1.807, 2.05) is 6.07 Å². The second-order valence-electron chi connectivity index (χ2n) is 5.03. The van der Waals surface area contributed by atoms with Gasteiger partial charge in [0.25, 0.3) is 0 Å². The number of nitrogens with zero attached hydrogens (tertiary/aromatic N) is 2. The summed E-state index contributed by atoms with van der Waals surface area (Å²) in [5.41, 5.74) is 0.581. The molecule has 1 fully saturated rings. The van der Waals surface area contributed by atoms with Crippen LogP contribution in [0.4, 0.5) is 17.6 Å². The molecule has 1 aromatic carbocycles. The molecule has 0 aliphatic carbocycles. The molecule has 1 aliphatic heterocycles. The first-order valence-electron chi connectivity index (χ1n) is 6.37. The van der Waals surface area contributed by atoms with E-state index in [-0.39, 0.29) is 25.1 Å². The number of piperidine rings is 1. The van der Waals surface area contributed by atoms with Gasteiger partial charge in [0, 0.05) is 18.7 Å². The molecule has 0 radical (unpaired) electrons. The Labute approximate surface area is 114 Å². The molecule has 1 heterocycles. The van der Waals surface area contributed by atoms with Gasteiger partial charge in [-0.3, -0.25) is 4.90 Å². The highest BCUT2D eigenvalue weighted by molar-refractivity contribution is 5.33. The van der Waals surface area contributed by atoms with E-state index >= 15 is 0 Å².